The van der Waals surface area contributed by atoms with Crippen LogP contribution in [0.3, 0.4) is 0 Å². The molecule has 0 unspecified atom stereocenters. The summed E-state index contributed by atoms with van der Waals surface area (Å²) in [4.78, 5) is 25.0. The Morgan fingerprint density at radius 2 is 1.87 bits per heavy atom. The van der Waals surface area contributed by atoms with Gasteiger partial charge in [-0.2, -0.15) is 0 Å². The van der Waals surface area contributed by atoms with Gasteiger partial charge in [-0.1, -0.05) is 24.3 Å². The molecule has 0 aliphatic rings. The van der Waals surface area contributed by atoms with Crippen molar-refractivity contribution >= 4 is 50.2 Å². The summed E-state index contributed by atoms with van der Waals surface area (Å²) in [5.41, 5.74) is 5.02. The van der Waals surface area contributed by atoms with Gasteiger partial charge in [-0.3, -0.25) is 0 Å². The second-order valence-electron chi connectivity index (χ2n) is 6.91. The molecule has 30 heavy (non-hydrogen) atoms. The number of carbonyl (C=O) groups excluding carboxylic acids is 1. The first-order valence-corrected chi connectivity index (χ1v) is 10.2. The molecular formula is C23H18N4O2S. The summed E-state index contributed by atoms with van der Waals surface area (Å²) in [6, 6.07) is 17.8. The monoisotopic (exact) mass is 414 g/mol. The average Bonchev–Trinajstić information content (AvgIpc) is 3.47. The second-order valence-corrected chi connectivity index (χ2v) is 7.94. The largest absolute Gasteiger partial charge is 0.464 e. The van der Waals surface area contributed by atoms with Crippen molar-refractivity contribution in [2.45, 2.75) is 0 Å². The van der Waals surface area contributed by atoms with Gasteiger partial charge in [0.25, 0.3) is 0 Å². The highest BCUT2D eigenvalue weighted by molar-refractivity contribution is 7.19. The number of benzene rings is 2. The highest BCUT2D eigenvalue weighted by Gasteiger charge is 2.17. The van der Waals surface area contributed by atoms with E-state index in [9.17, 15) is 4.79 Å². The first-order valence-electron chi connectivity index (χ1n) is 9.40. The van der Waals surface area contributed by atoms with Crippen LogP contribution in [0.5, 0.6) is 0 Å². The summed E-state index contributed by atoms with van der Waals surface area (Å²) in [7, 11) is 3.20. The number of imidazole rings is 1. The van der Waals surface area contributed by atoms with Gasteiger partial charge in [0, 0.05) is 13.2 Å². The van der Waals surface area contributed by atoms with Gasteiger partial charge < -0.3 is 14.3 Å². The SMILES string of the molecule is COC(=O)c1cc(/C=C(/c2nc3ccccc3[nH]2)c2nc3ccccc3s2)cn1C. The number of methoxy groups -OCH3 is 1. The van der Waals surface area contributed by atoms with E-state index in [0.717, 1.165) is 43.2 Å². The molecule has 0 radical (unpaired) electrons. The number of H-pyrrole nitrogens is 1. The molecule has 3 aromatic heterocycles. The molecule has 0 aliphatic heterocycles. The summed E-state index contributed by atoms with van der Waals surface area (Å²) < 4.78 is 7.74. The molecule has 2 aromatic carbocycles. The summed E-state index contributed by atoms with van der Waals surface area (Å²) in [5, 5.41) is 0.860. The van der Waals surface area contributed by atoms with Crippen molar-refractivity contribution in [3.63, 3.8) is 0 Å². The van der Waals surface area contributed by atoms with Crippen LogP contribution in [0, 0.1) is 0 Å². The van der Waals surface area contributed by atoms with Crippen LogP contribution in [-0.2, 0) is 11.8 Å². The number of aromatic nitrogens is 4. The summed E-state index contributed by atoms with van der Waals surface area (Å²) in [5.74, 6) is 0.362. The fourth-order valence-corrected chi connectivity index (χ4v) is 4.43. The molecule has 3 heterocycles. The first kappa shape index (κ1) is 18.3. The molecule has 7 heteroatoms. The van der Waals surface area contributed by atoms with Crippen LogP contribution in [-0.4, -0.2) is 32.6 Å². The van der Waals surface area contributed by atoms with Gasteiger partial charge in [-0.15, -0.1) is 11.3 Å². The van der Waals surface area contributed by atoms with E-state index in [1.807, 2.05) is 67.9 Å². The van der Waals surface area contributed by atoms with Crippen LogP contribution in [0.25, 0.3) is 32.9 Å². The van der Waals surface area contributed by atoms with Crippen LogP contribution >= 0.6 is 11.3 Å². The Morgan fingerprint density at radius 1 is 1.10 bits per heavy atom. The van der Waals surface area contributed by atoms with Gasteiger partial charge in [0.1, 0.15) is 16.5 Å². The van der Waals surface area contributed by atoms with E-state index in [0.29, 0.717) is 5.69 Å². The van der Waals surface area contributed by atoms with Gasteiger partial charge in [-0.25, -0.2) is 14.8 Å². The molecule has 0 saturated heterocycles. The molecular weight excluding hydrogens is 396 g/mol. The third-order valence-electron chi connectivity index (χ3n) is 4.90. The zero-order valence-corrected chi connectivity index (χ0v) is 17.2. The number of para-hydroxylation sites is 3. The number of hydrogen-bond donors (Lipinski definition) is 1. The zero-order chi connectivity index (χ0) is 20.7. The topological polar surface area (TPSA) is 72.8 Å². The fraction of sp³-hybridized carbons (Fsp3) is 0.0870. The normalized spacial score (nSPS) is 12.0. The first-order chi connectivity index (χ1) is 14.6. The van der Waals surface area contributed by atoms with E-state index in [1.165, 1.54) is 7.11 Å². The lowest BCUT2D eigenvalue weighted by molar-refractivity contribution is 0.0590. The number of nitrogens with zero attached hydrogens (tertiary/aromatic N) is 3. The lowest BCUT2D eigenvalue weighted by Crippen LogP contribution is -2.06. The van der Waals surface area contributed by atoms with E-state index < -0.39 is 0 Å². The third-order valence-corrected chi connectivity index (χ3v) is 5.97. The summed E-state index contributed by atoms with van der Waals surface area (Å²) in [6.45, 7) is 0. The number of ether oxygens (including phenoxy) is 1. The number of rotatable bonds is 4. The van der Waals surface area contributed by atoms with Crippen molar-refractivity contribution in [1.29, 1.82) is 0 Å². The van der Waals surface area contributed by atoms with Crippen molar-refractivity contribution in [1.82, 2.24) is 19.5 Å². The molecule has 5 aromatic rings. The maximum absolute atomic E-state index is 12.0. The van der Waals surface area contributed by atoms with Gasteiger partial charge in [0.15, 0.2) is 0 Å². The van der Waals surface area contributed by atoms with Crippen LogP contribution in [0.15, 0.2) is 60.8 Å². The number of aromatic amines is 1. The predicted octanol–water partition coefficient (Wildman–Crippen LogP) is 4.89. The van der Waals surface area contributed by atoms with E-state index in [-0.39, 0.29) is 5.97 Å². The van der Waals surface area contributed by atoms with Crippen molar-refractivity contribution < 1.29 is 9.53 Å². The number of hydrogen-bond acceptors (Lipinski definition) is 5. The minimum atomic E-state index is -0.373. The standard InChI is InChI=1S/C23H18N4O2S/c1-27-13-14(12-19(27)23(28)29-2)11-15(21-24-16-7-3-4-8-17(16)25-21)22-26-18-9-5-6-10-20(18)30-22/h3-13H,1-2H3,(H,24,25)/b15-11-. The molecule has 5 rings (SSSR count). The van der Waals surface area contributed by atoms with Gasteiger partial charge in [-0.05, 0) is 42.0 Å². The van der Waals surface area contributed by atoms with E-state index in [4.69, 9.17) is 14.7 Å². The highest BCUT2D eigenvalue weighted by atomic mass is 32.1. The Morgan fingerprint density at radius 3 is 2.63 bits per heavy atom. The smallest absolute Gasteiger partial charge is 0.354 e. The van der Waals surface area contributed by atoms with Gasteiger partial charge in [0.05, 0.1) is 33.9 Å². The fourth-order valence-electron chi connectivity index (χ4n) is 3.44. The number of aryl methyl sites for hydroxylation is 1. The lowest BCUT2D eigenvalue weighted by Gasteiger charge is -2.00. The highest BCUT2D eigenvalue weighted by Crippen LogP contribution is 2.32. The Bertz CT molecular complexity index is 1280. The molecule has 0 aliphatic carbocycles. The van der Waals surface area contributed by atoms with Crippen LogP contribution in [0.2, 0.25) is 0 Å². The molecule has 148 valence electrons. The number of nitrogens with one attached hydrogen (secondary N) is 1. The zero-order valence-electron chi connectivity index (χ0n) is 16.4. The summed E-state index contributed by atoms with van der Waals surface area (Å²) >= 11 is 1.61. The van der Waals surface area contributed by atoms with E-state index >= 15 is 0 Å². The minimum Gasteiger partial charge on any atom is -0.464 e. The minimum absolute atomic E-state index is 0.373. The number of carbonyl (C=O) groups is 1. The average molecular weight is 414 g/mol. The molecule has 0 bridgehead atoms. The number of fused-ring (bicyclic) bond motifs is 2. The molecule has 0 atom stereocenters. The van der Waals surface area contributed by atoms with Crippen LogP contribution < -0.4 is 0 Å². The Kier molecular flexibility index (Phi) is 4.44. The Balaban J connectivity index is 1.70. The maximum Gasteiger partial charge on any atom is 0.354 e. The van der Waals surface area contributed by atoms with Crippen molar-refractivity contribution in [3.8, 4) is 0 Å². The van der Waals surface area contributed by atoms with E-state index in [2.05, 4.69) is 11.1 Å². The van der Waals surface area contributed by atoms with Crippen molar-refractivity contribution in [3.05, 3.63) is 82.9 Å². The van der Waals surface area contributed by atoms with Crippen LogP contribution in [0.4, 0.5) is 0 Å². The summed E-state index contributed by atoms with van der Waals surface area (Å²) in [6.07, 6.45) is 3.89. The molecule has 0 saturated carbocycles. The number of esters is 1. The Labute approximate surface area is 176 Å². The molecule has 0 spiro atoms. The van der Waals surface area contributed by atoms with Crippen LogP contribution in [0.1, 0.15) is 26.9 Å². The van der Waals surface area contributed by atoms with E-state index in [1.54, 1.807) is 15.9 Å². The Hall–Kier alpha value is -3.71. The number of thiazole rings is 1. The van der Waals surface area contributed by atoms with Crippen molar-refractivity contribution in [2.75, 3.05) is 7.11 Å². The molecule has 6 nitrogen and oxygen atoms in total. The van der Waals surface area contributed by atoms with Crippen molar-refractivity contribution in [2.24, 2.45) is 7.05 Å². The second kappa shape index (κ2) is 7.27. The predicted molar refractivity (Wildman–Crippen MR) is 119 cm³/mol. The maximum atomic E-state index is 12.0. The third kappa shape index (κ3) is 3.19. The molecule has 0 fully saturated rings. The molecule has 0 amide bonds. The molecule has 1 N–H and O–H groups in total. The van der Waals surface area contributed by atoms with Gasteiger partial charge in [0.2, 0.25) is 0 Å². The quantitative estimate of drug-likeness (QED) is 0.425. The van der Waals surface area contributed by atoms with Gasteiger partial charge >= 0.3 is 5.97 Å². The lowest BCUT2D eigenvalue weighted by atomic mass is 10.1.